The fourth-order valence-electron chi connectivity index (χ4n) is 1.08. The summed E-state index contributed by atoms with van der Waals surface area (Å²) in [5.74, 6) is -0.747. The van der Waals surface area contributed by atoms with Gasteiger partial charge in [-0.2, -0.15) is 0 Å². The van der Waals surface area contributed by atoms with Gasteiger partial charge in [0.1, 0.15) is 0 Å². The molecule has 0 spiro atoms. The Morgan fingerprint density at radius 1 is 1.67 bits per heavy atom. The number of ether oxygens (including phenoxy) is 1. The Kier molecular flexibility index (Phi) is 5.54. The van der Waals surface area contributed by atoms with Crippen LogP contribution in [-0.4, -0.2) is 17.2 Å². The molecule has 0 saturated heterocycles. The van der Waals surface area contributed by atoms with Crippen molar-refractivity contribution < 1.29 is 14.6 Å². The normalized spacial score (nSPS) is 20.8. The van der Waals surface area contributed by atoms with Crippen molar-refractivity contribution in [2.24, 2.45) is 0 Å². The lowest BCUT2D eigenvalue weighted by molar-refractivity contribution is -0.137. The highest BCUT2D eigenvalue weighted by molar-refractivity contribution is 5.85. The number of hydrogen-bond donors (Lipinski definition) is 1. The summed E-state index contributed by atoms with van der Waals surface area (Å²) in [6.45, 7) is 0. The molecule has 0 saturated carbocycles. The lowest BCUT2D eigenvalue weighted by Crippen LogP contribution is -2.14. The largest absolute Gasteiger partial charge is 0.498 e. The van der Waals surface area contributed by atoms with E-state index >= 15 is 0 Å². The van der Waals surface area contributed by atoms with Gasteiger partial charge in [-0.15, -0.1) is 12.4 Å². The summed E-state index contributed by atoms with van der Waals surface area (Å²) in [6.07, 6.45) is 6.52. The van der Waals surface area contributed by atoms with Crippen LogP contribution in [0.1, 0.15) is 25.7 Å². The maximum atomic E-state index is 10.2. The van der Waals surface area contributed by atoms with Crippen LogP contribution in [-0.2, 0) is 9.53 Å². The zero-order valence-electron chi connectivity index (χ0n) is 6.73. The van der Waals surface area contributed by atoms with Crippen LogP contribution < -0.4 is 0 Å². The molecule has 0 amide bonds. The van der Waals surface area contributed by atoms with Crippen molar-refractivity contribution in [2.45, 2.75) is 31.8 Å². The van der Waals surface area contributed by atoms with Crippen LogP contribution in [0.15, 0.2) is 12.3 Å². The van der Waals surface area contributed by atoms with Crippen LogP contribution >= 0.6 is 12.4 Å². The second kappa shape index (κ2) is 5.89. The van der Waals surface area contributed by atoms with Crippen LogP contribution in [0, 0.1) is 0 Å². The van der Waals surface area contributed by atoms with Crippen LogP contribution in [0.5, 0.6) is 0 Å². The van der Waals surface area contributed by atoms with Gasteiger partial charge in [0.2, 0.25) is 0 Å². The van der Waals surface area contributed by atoms with Gasteiger partial charge in [-0.05, 0) is 25.3 Å². The van der Waals surface area contributed by atoms with Crippen molar-refractivity contribution >= 4 is 18.4 Å². The molecule has 3 nitrogen and oxygen atoms in total. The average Bonchev–Trinajstić information content (AvgIpc) is 2.03. The third-order valence-electron chi connectivity index (χ3n) is 1.70. The molecular formula is C8H13ClO3. The topological polar surface area (TPSA) is 46.5 Å². The highest BCUT2D eigenvalue weighted by Gasteiger charge is 2.11. The summed E-state index contributed by atoms with van der Waals surface area (Å²) in [4.78, 5) is 10.2. The van der Waals surface area contributed by atoms with Gasteiger partial charge in [-0.1, -0.05) is 0 Å². The highest BCUT2D eigenvalue weighted by Crippen LogP contribution is 2.14. The first-order valence-corrected chi connectivity index (χ1v) is 3.81. The van der Waals surface area contributed by atoms with E-state index < -0.39 is 5.97 Å². The van der Waals surface area contributed by atoms with Gasteiger partial charge < -0.3 is 9.84 Å². The fourth-order valence-corrected chi connectivity index (χ4v) is 1.08. The molecule has 1 aliphatic heterocycles. The van der Waals surface area contributed by atoms with Crippen molar-refractivity contribution in [2.75, 3.05) is 0 Å². The predicted molar refractivity (Wildman–Crippen MR) is 47.4 cm³/mol. The molecule has 1 atom stereocenters. The number of aliphatic carboxylic acids is 1. The molecule has 0 aromatic rings. The van der Waals surface area contributed by atoms with Crippen molar-refractivity contribution in [3.05, 3.63) is 12.3 Å². The van der Waals surface area contributed by atoms with E-state index in [4.69, 9.17) is 9.84 Å². The van der Waals surface area contributed by atoms with E-state index in [-0.39, 0.29) is 24.9 Å². The molecular weight excluding hydrogens is 180 g/mol. The number of carboxylic acids is 1. The minimum absolute atomic E-state index is 0. The standard InChI is InChI=1S/C8H12O3.ClH/c9-8(10)5-4-7-3-1-2-6-11-7;/h2,6-7H,1,3-5H2,(H,9,10);1H. The van der Waals surface area contributed by atoms with Gasteiger partial charge in [-0.25, -0.2) is 0 Å². The summed E-state index contributed by atoms with van der Waals surface area (Å²) in [6, 6.07) is 0. The minimum Gasteiger partial charge on any atom is -0.498 e. The first kappa shape index (κ1) is 11.3. The van der Waals surface area contributed by atoms with E-state index in [0.29, 0.717) is 6.42 Å². The molecule has 1 aliphatic rings. The van der Waals surface area contributed by atoms with Crippen molar-refractivity contribution in [3.8, 4) is 0 Å². The van der Waals surface area contributed by atoms with E-state index in [9.17, 15) is 4.79 Å². The van der Waals surface area contributed by atoms with E-state index in [1.807, 2.05) is 6.08 Å². The van der Waals surface area contributed by atoms with E-state index in [0.717, 1.165) is 12.8 Å². The second-order valence-electron chi connectivity index (χ2n) is 2.64. The van der Waals surface area contributed by atoms with Crippen LogP contribution in [0.25, 0.3) is 0 Å². The minimum atomic E-state index is -0.747. The fraction of sp³-hybridized carbons (Fsp3) is 0.625. The molecule has 1 N–H and O–H groups in total. The third kappa shape index (κ3) is 4.23. The van der Waals surface area contributed by atoms with E-state index in [1.165, 1.54) is 0 Å². The first-order valence-electron chi connectivity index (χ1n) is 3.81. The Balaban J connectivity index is 0.00000121. The summed E-state index contributed by atoms with van der Waals surface area (Å²) in [7, 11) is 0. The smallest absolute Gasteiger partial charge is 0.303 e. The van der Waals surface area contributed by atoms with Gasteiger partial charge >= 0.3 is 5.97 Å². The molecule has 0 fully saturated rings. The van der Waals surface area contributed by atoms with Gasteiger partial charge in [0.15, 0.2) is 0 Å². The Morgan fingerprint density at radius 3 is 2.92 bits per heavy atom. The maximum absolute atomic E-state index is 10.2. The van der Waals surface area contributed by atoms with Gasteiger partial charge in [-0.3, -0.25) is 4.79 Å². The summed E-state index contributed by atoms with van der Waals surface area (Å²) < 4.78 is 5.18. The quantitative estimate of drug-likeness (QED) is 0.744. The number of carbonyl (C=O) groups is 1. The summed E-state index contributed by atoms with van der Waals surface area (Å²) in [5, 5.41) is 8.37. The van der Waals surface area contributed by atoms with Crippen molar-refractivity contribution in [3.63, 3.8) is 0 Å². The lowest BCUT2D eigenvalue weighted by Gasteiger charge is -2.17. The summed E-state index contributed by atoms with van der Waals surface area (Å²) >= 11 is 0. The van der Waals surface area contributed by atoms with Gasteiger partial charge in [0.25, 0.3) is 0 Å². The molecule has 12 heavy (non-hydrogen) atoms. The summed E-state index contributed by atoms with van der Waals surface area (Å²) in [5.41, 5.74) is 0. The molecule has 0 aromatic carbocycles. The van der Waals surface area contributed by atoms with E-state index in [2.05, 4.69) is 0 Å². The average molecular weight is 193 g/mol. The second-order valence-corrected chi connectivity index (χ2v) is 2.64. The number of halogens is 1. The molecule has 1 rings (SSSR count). The van der Waals surface area contributed by atoms with Crippen LogP contribution in [0.2, 0.25) is 0 Å². The van der Waals surface area contributed by atoms with Gasteiger partial charge in [0, 0.05) is 6.42 Å². The molecule has 1 unspecified atom stereocenters. The maximum Gasteiger partial charge on any atom is 0.303 e. The highest BCUT2D eigenvalue weighted by atomic mass is 35.5. The third-order valence-corrected chi connectivity index (χ3v) is 1.70. The van der Waals surface area contributed by atoms with E-state index in [1.54, 1.807) is 6.26 Å². The van der Waals surface area contributed by atoms with Crippen LogP contribution in [0.4, 0.5) is 0 Å². The zero-order valence-corrected chi connectivity index (χ0v) is 7.55. The number of rotatable bonds is 3. The van der Waals surface area contributed by atoms with Crippen LogP contribution in [0.3, 0.4) is 0 Å². The SMILES string of the molecule is Cl.O=C(O)CCC1CCC=CO1. The Bertz CT molecular complexity index is 168. The zero-order chi connectivity index (χ0) is 8.10. The van der Waals surface area contributed by atoms with Crippen molar-refractivity contribution in [1.82, 2.24) is 0 Å². The lowest BCUT2D eigenvalue weighted by atomic mass is 10.1. The first-order chi connectivity index (χ1) is 5.29. The molecule has 4 heteroatoms. The van der Waals surface area contributed by atoms with Crippen molar-refractivity contribution in [1.29, 1.82) is 0 Å². The molecule has 70 valence electrons. The molecule has 0 bridgehead atoms. The molecule has 1 heterocycles. The molecule has 0 aromatic heterocycles. The number of carboxylic acid groups (broad SMARTS) is 1. The Morgan fingerprint density at radius 2 is 2.42 bits per heavy atom. The Labute approximate surface area is 77.8 Å². The number of allylic oxidation sites excluding steroid dienone is 1. The predicted octanol–water partition coefficient (Wildman–Crippen LogP) is 1.97. The Hall–Kier alpha value is -0.700. The molecule has 0 radical (unpaired) electrons. The van der Waals surface area contributed by atoms with Gasteiger partial charge in [0.05, 0.1) is 12.4 Å². The monoisotopic (exact) mass is 192 g/mol. The number of hydrogen-bond acceptors (Lipinski definition) is 2. The molecule has 0 aliphatic carbocycles.